The number of unbranched alkanes of at least 4 members (excludes halogenated alkanes) is 5. The van der Waals surface area contributed by atoms with Crippen molar-refractivity contribution in [1.29, 1.82) is 0 Å². The largest absolute Gasteiger partial charge is 0.507 e. The Morgan fingerprint density at radius 2 is 1.83 bits per heavy atom. The van der Waals surface area contributed by atoms with E-state index in [0.717, 1.165) is 23.6 Å². The molecule has 0 unspecified atom stereocenters. The van der Waals surface area contributed by atoms with E-state index < -0.39 is 0 Å². The minimum absolute atomic E-state index is 0.0815. The monoisotopic (exact) mass is 326 g/mol. The number of nitrogens with zero attached hydrogens (tertiary/aromatic N) is 1. The first-order valence-corrected chi connectivity index (χ1v) is 8.75. The molecule has 0 saturated carbocycles. The predicted octanol–water partition coefficient (Wildman–Crippen LogP) is 4.75. The van der Waals surface area contributed by atoms with Gasteiger partial charge < -0.3 is 5.11 Å². The van der Waals surface area contributed by atoms with Crippen molar-refractivity contribution in [3.8, 4) is 5.75 Å². The van der Waals surface area contributed by atoms with Gasteiger partial charge in [-0.3, -0.25) is 4.79 Å². The van der Waals surface area contributed by atoms with Gasteiger partial charge in [0.1, 0.15) is 5.75 Å². The molecule has 0 aliphatic carbocycles. The van der Waals surface area contributed by atoms with E-state index in [1.807, 2.05) is 30.3 Å². The molecule has 0 fully saturated rings. The number of amides is 1. The van der Waals surface area contributed by atoms with Crippen LogP contribution in [0.25, 0.3) is 10.8 Å². The molecule has 2 rings (SSSR count). The van der Waals surface area contributed by atoms with Crippen LogP contribution in [0.3, 0.4) is 0 Å². The van der Waals surface area contributed by atoms with Crippen LogP contribution in [0.2, 0.25) is 0 Å². The van der Waals surface area contributed by atoms with E-state index in [9.17, 15) is 9.90 Å². The summed E-state index contributed by atoms with van der Waals surface area (Å²) in [6.45, 7) is 2.19. The first kappa shape index (κ1) is 18.0. The molecule has 0 radical (unpaired) electrons. The Bertz CT molecular complexity index is 695. The molecule has 0 bridgehead atoms. The van der Waals surface area contributed by atoms with Crippen molar-refractivity contribution in [2.24, 2.45) is 5.10 Å². The number of benzene rings is 2. The Hall–Kier alpha value is -2.36. The molecule has 4 heteroatoms. The highest BCUT2D eigenvalue weighted by molar-refractivity contribution is 5.97. The molecule has 0 heterocycles. The average Bonchev–Trinajstić information content (AvgIpc) is 2.60. The first-order chi connectivity index (χ1) is 11.7. The van der Waals surface area contributed by atoms with Crippen molar-refractivity contribution >= 4 is 22.9 Å². The van der Waals surface area contributed by atoms with Crippen LogP contribution in [-0.2, 0) is 4.79 Å². The molecule has 0 aromatic heterocycles. The van der Waals surface area contributed by atoms with Gasteiger partial charge in [0, 0.05) is 17.4 Å². The zero-order valence-corrected chi connectivity index (χ0v) is 14.3. The van der Waals surface area contributed by atoms with E-state index in [1.165, 1.54) is 31.9 Å². The van der Waals surface area contributed by atoms with E-state index in [4.69, 9.17) is 0 Å². The summed E-state index contributed by atoms with van der Waals surface area (Å²) in [5.74, 6) is 0.101. The van der Waals surface area contributed by atoms with Gasteiger partial charge in [-0.1, -0.05) is 69.4 Å². The Morgan fingerprint density at radius 1 is 1.08 bits per heavy atom. The molecule has 0 aliphatic heterocycles. The van der Waals surface area contributed by atoms with E-state index >= 15 is 0 Å². The van der Waals surface area contributed by atoms with Crippen molar-refractivity contribution in [2.45, 2.75) is 51.9 Å². The molecule has 4 nitrogen and oxygen atoms in total. The molecule has 0 atom stereocenters. The van der Waals surface area contributed by atoms with Crippen LogP contribution >= 0.6 is 0 Å². The molecule has 2 aromatic rings. The molecule has 0 aliphatic rings. The minimum Gasteiger partial charge on any atom is -0.507 e. The fraction of sp³-hybridized carbons (Fsp3) is 0.400. The van der Waals surface area contributed by atoms with Crippen LogP contribution in [0.4, 0.5) is 0 Å². The van der Waals surface area contributed by atoms with E-state index in [1.54, 1.807) is 6.07 Å². The van der Waals surface area contributed by atoms with Crippen molar-refractivity contribution < 1.29 is 9.90 Å². The van der Waals surface area contributed by atoms with Crippen LogP contribution in [0.15, 0.2) is 41.5 Å². The van der Waals surface area contributed by atoms with Crippen LogP contribution in [0.1, 0.15) is 57.4 Å². The molecule has 0 spiro atoms. The lowest BCUT2D eigenvalue weighted by Crippen LogP contribution is -2.16. The third-order valence-corrected chi connectivity index (χ3v) is 4.08. The van der Waals surface area contributed by atoms with Crippen LogP contribution in [0, 0.1) is 0 Å². The second kappa shape index (κ2) is 9.71. The van der Waals surface area contributed by atoms with Crippen molar-refractivity contribution in [3.63, 3.8) is 0 Å². The second-order valence-corrected chi connectivity index (χ2v) is 6.04. The maximum Gasteiger partial charge on any atom is 0.240 e. The lowest BCUT2D eigenvalue weighted by molar-refractivity contribution is -0.121. The highest BCUT2D eigenvalue weighted by Crippen LogP contribution is 2.27. The van der Waals surface area contributed by atoms with Gasteiger partial charge in [0.05, 0.1) is 6.21 Å². The van der Waals surface area contributed by atoms with Gasteiger partial charge in [-0.2, -0.15) is 5.10 Å². The lowest BCUT2D eigenvalue weighted by Gasteiger charge is -2.04. The molecule has 2 N–H and O–H groups in total. The van der Waals surface area contributed by atoms with Gasteiger partial charge in [0.2, 0.25) is 5.91 Å². The number of nitrogens with one attached hydrogen (secondary N) is 1. The zero-order chi connectivity index (χ0) is 17.2. The number of aromatic hydroxyl groups is 1. The lowest BCUT2D eigenvalue weighted by atomic mass is 10.1. The summed E-state index contributed by atoms with van der Waals surface area (Å²) in [5, 5.41) is 16.0. The maximum absolute atomic E-state index is 11.7. The van der Waals surface area contributed by atoms with Gasteiger partial charge in [0.25, 0.3) is 0 Å². The van der Waals surface area contributed by atoms with Gasteiger partial charge in [-0.15, -0.1) is 0 Å². The number of hydrogen-bond donors (Lipinski definition) is 2. The summed E-state index contributed by atoms with van der Waals surface area (Å²) >= 11 is 0. The molecule has 1 amide bonds. The first-order valence-electron chi connectivity index (χ1n) is 8.75. The van der Waals surface area contributed by atoms with E-state index in [2.05, 4.69) is 17.5 Å². The van der Waals surface area contributed by atoms with Gasteiger partial charge in [-0.25, -0.2) is 5.43 Å². The van der Waals surface area contributed by atoms with Crippen LogP contribution in [0.5, 0.6) is 5.75 Å². The third-order valence-electron chi connectivity index (χ3n) is 4.08. The summed E-state index contributed by atoms with van der Waals surface area (Å²) in [4.78, 5) is 11.7. The van der Waals surface area contributed by atoms with Crippen LogP contribution in [-0.4, -0.2) is 17.2 Å². The maximum atomic E-state index is 11.7. The number of hydrazone groups is 1. The molecular formula is C20H26N2O2. The highest BCUT2D eigenvalue weighted by atomic mass is 16.3. The molecule has 2 aromatic carbocycles. The SMILES string of the molecule is CCCCCCCCC(=O)NN=Cc1ccc2ccccc2c1O. The van der Waals surface area contributed by atoms with Crippen LogP contribution < -0.4 is 5.43 Å². The Balaban J connectivity index is 1.79. The summed E-state index contributed by atoms with van der Waals surface area (Å²) in [7, 11) is 0. The summed E-state index contributed by atoms with van der Waals surface area (Å²) < 4.78 is 0. The van der Waals surface area contributed by atoms with Crippen molar-refractivity contribution in [3.05, 3.63) is 42.0 Å². The van der Waals surface area contributed by atoms with Gasteiger partial charge in [-0.05, 0) is 17.9 Å². The average molecular weight is 326 g/mol. The third kappa shape index (κ3) is 5.37. The highest BCUT2D eigenvalue weighted by Gasteiger charge is 2.04. The smallest absolute Gasteiger partial charge is 0.240 e. The van der Waals surface area contributed by atoms with Gasteiger partial charge >= 0.3 is 0 Å². The Labute approximate surface area is 143 Å². The summed E-state index contributed by atoms with van der Waals surface area (Å²) in [6, 6.07) is 11.3. The normalized spacial score (nSPS) is 11.2. The van der Waals surface area contributed by atoms with Crippen molar-refractivity contribution in [1.82, 2.24) is 5.43 Å². The molecular weight excluding hydrogens is 300 g/mol. The van der Waals surface area contributed by atoms with Crippen molar-refractivity contribution in [2.75, 3.05) is 0 Å². The van der Waals surface area contributed by atoms with Gasteiger partial charge in [0.15, 0.2) is 0 Å². The summed E-state index contributed by atoms with van der Waals surface area (Å²) in [5.41, 5.74) is 3.12. The number of carbonyl (C=O) groups is 1. The summed E-state index contributed by atoms with van der Waals surface area (Å²) in [6.07, 6.45) is 8.90. The number of carbonyl (C=O) groups excluding carboxylic acids is 1. The topological polar surface area (TPSA) is 61.7 Å². The Morgan fingerprint density at radius 3 is 2.67 bits per heavy atom. The minimum atomic E-state index is -0.0815. The number of rotatable bonds is 9. The number of phenolic OH excluding ortho intramolecular Hbond substituents is 1. The second-order valence-electron chi connectivity index (χ2n) is 6.04. The number of fused-ring (bicyclic) bond motifs is 1. The fourth-order valence-electron chi connectivity index (χ4n) is 2.67. The molecule has 24 heavy (non-hydrogen) atoms. The molecule has 0 saturated heterocycles. The van der Waals surface area contributed by atoms with E-state index in [-0.39, 0.29) is 11.7 Å². The number of phenols is 1. The quantitative estimate of drug-likeness (QED) is 0.397. The van der Waals surface area contributed by atoms with E-state index in [0.29, 0.717) is 12.0 Å². The number of hydrogen-bond acceptors (Lipinski definition) is 3. The Kier molecular flexibility index (Phi) is 7.27. The zero-order valence-electron chi connectivity index (χ0n) is 14.3. The standard InChI is InChI=1S/C20H26N2O2/c1-2-3-4-5-6-7-12-19(23)22-21-15-17-14-13-16-10-8-9-11-18(16)20(17)24/h8-11,13-15,24H,2-7,12H2,1H3,(H,22,23). The fourth-order valence-corrected chi connectivity index (χ4v) is 2.67. The predicted molar refractivity (Wildman–Crippen MR) is 99.3 cm³/mol. The molecule has 128 valence electrons.